The maximum absolute atomic E-state index is 12.9. The number of fused-ring (bicyclic) bond motifs is 4. The van der Waals surface area contributed by atoms with Crippen LogP contribution in [0.5, 0.6) is 5.88 Å². The summed E-state index contributed by atoms with van der Waals surface area (Å²) < 4.78 is 5.37. The van der Waals surface area contributed by atoms with Crippen molar-refractivity contribution in [2.75, 3.05) is 27.7 Å². The zero-order valence-electron chi connectivity index (χ0n) is 16.9. The van der Waals surface area contributed by atoms with E-state index in [0.717, 1.165) is 28.4 Å². The van der Waals surface area contributed by atoms with E-state index in [0.29, 0.717) is 22.5 Å². The molecule has 7 heteroatoms. The predicted octanol–water partition coefficient (Wildman–Crippen LogP) is 3.02. The summed E-state index contributed by atoms with van der Waals surface area (Å²) in [5, 5.41) is 4.79. The average molecular weight is 389 g/mol. The molecule has 2 aromatic carbocycles. The summed E-state index contributed by atoms with van der Waals surface area (Å²) in [6.07, 6.45) is 1.69. The fourth-order valence-electron chi connectivity index (χ4n) is 3.63. The number of nitrogens with zero attached hydrogens (tertiary/aromatic N) is 4. The standard InChI is InChI=1S/C22H23N5O2/c1-13(12-27(2)3)24-21(28)16-6-5-7-17-20(16)26-19-14-10-11-23-22(29-4)15(14)8-9-18(19)25-17/h5-11,13H,12H2,1-4H3,(H,24,28)/t13-/m1/s1. The van der Waals surface area contributed by atoms with Crippen molar-refractivity contribution in [2.24, 2.45) is 0 Å². The monoisotopic (exact) mass is 389 g/mol. The third-order valence-corrected chi connectivity index (χ3v) is 4.79. The molecule has 1 N–H and O–H groups in total. The van der Waals surface area contributed by atoms with Gasteiger partial charge >= 0.3 is 0 Å². The fourth-order valence-corrected chi connectivity index (χ4v) is 3.63. The van der Waals surface area contributed by atoms with Crippen molar-refractivity contribution in [3.8, 4) is 5.88 Å². The maximum atomic E-state index is 12.9. The van der Waals surface area contributed by atoms with E-state index >= 15 is 0 Å². The van der Waals surface area contributed by atoms with Crippen LogP contribution < -0.4 is 10.1 Å². The molecule has 0 saturated carbocycles. The Labute approximate surface area is 168 Å². The molecule has 7 nitrogen and oxygen atoms in total. The highest BCUT2D eigenvalue weighted by Gasteiger charge is 2.16. The molecule has 0 saturated heterocycles. The second-order valence-electron chi connectivity index (χ2n) is 7.38. The third kappa shape index (κ3) is 3.56. The van der Waals surface area contributed by atoms with Gasteiger partial charge in [-0.15, -0.1) is 0 Å². The molecule has 4 aromatic rings. The number of hydrogen-bond donors (Lipinski definition) is 1. The van der Waals surface area contributed by atoms with Crippen LogP contribution in [-0.2, 0) is 0 Å². The number of carbonyl (C=O) groups excluding carboxylic acids is 1. The van der Waals surface area contributed by atoms with Crippen molar-refractivity contribution in [2.45, 2.75) is 13.0 Å². The zero-order chi connectivity index (χ0) is 20.5. The first-order chi connectivity index (χ1) is 14.0. The number of likely N-dealkylation sites (N-methyl/N-ethyl adjacent to an activating group) is 1. The van der Waals surface area contributed by atoms with E-state index in [-0.39, 0.29) is 11.9 Å². The molecular weight excluding hydrogens is 366 g/mol. The lowest BCUT2D eigenvalue weighted by molar-refractivity contribution is 0.0936. The number of benzene rings is 2. The zero-order valence-corrected chi connectivity index (χ0v) is 16.9. The molecule has 0 bridgehead atoms. The highest BCUT2D eigenvalue weighted by atomic mass is 16.5. The smallest absolute Gasteiger partial charge is 0.253 e. The summed E-state index contributed by atoms with van der Waals surface area (Å²) in [5.74, 6) is 0.382. The van der Waals surface area contributed by atoms with Gasteiger partial charge in [0.1, 0.15) is 5.52 Å². The van der Waals surface area contributed by atoms with E-state index in [4.69, 9.17) is 14.7 Å². The highest BCUT2D eigenvalue weighted by Crippen LogP contribution is 2.30. The number of carbonyl (C=O) groups is 1. The van der Waals surface area contributed by atoms with Gasteiger partial charge in [0.15, 0.2) is 0 Å². The van der Waals surface area contributed by atoms with Gasteiger partial charge in [-0.25, -0.2) is 15.0 Å². The predicted molar refractivity (Wildman–Crippen MR) is 114 cm³/mol. The van der Waals surface area contributed by atoms with Crippen LogP contribution in [0.25, 0.3) is 32.8 Å². The first-order valence-electron chi connectivity index (χ1n) is 9.45. The van der Waals surface area contributed by atoms with E-state index in [9.17, 15) is 4.79 Å². The molecule has 29 heavy (non-hydrogen) atoms. The van der Waals surface area contributed by atoms with Gasteiger partial charge < -0.3 is 15.0 Å². The van der Waals surface area contributed by atoms with E-state index in [2.05, 4.69) is 10.3 Å². The molecule has 0 spiro atoms. The molecular formula is C22H23N5O2. The van der Waals surface area contributed by atoms with Gasteiger partial charge in [-0.1, -0.05) is 6.07 Å². The van der Waals surface area contributed by atoms with Crippen molar-refractivity contribution in [3.05, 3.63) is 48.2 Å². The van der Waals surface area contributed by atoms with Crippen LogP contribution in [0.3, 0.4) is 0 Å². The first-order valence-corrected chi connectivity index (χ1v) is 9.45. The summed E-state index contributed by atoms with van der Waals surface area (Å²) in [4.78, 5) is 28.8. The number of methoxy groups -OCH3 is 1. The number of pyridine rings is 1. The molecule has 0 fully saturated rings. The number of para-hydroxylation sites is 1. The topological polar surface area (TPSA) is 80.2 Å². The summed E-state index contributed by atoms with van der Waals surface area (Å²) in [5.41, 5.74) is 3.26. The molecule has 2 heterocycles. The third-order valence-electron chi connectivity index (χ3n) is 4.79. The van der Waals surface area contributed by atoms with Gasteiger partial charge in [-0.05, 0) is 51.4 Å². The molecule has 1 atom stereocenters. The Balaban J connectivity index is 1.87. The normalized spacial score (nSPS) is 12.6. The number of aromatic nitrogens is 3. The van der Waals surface area contributed by atoms with Gasteiger partial charge in [0.25, 0.3) is 5.91 Å². The summed E-state index contributed by atoms with van der Waals surface area (Å²) in [6.45, 7) is 2.74. The number of rotatable bonds is 5. The number of amides is 1. The molecule has 1 amide bonds. The Kier molecular flexibility index (Phi) is 4.98. The molecule has 0 aliphatic carbocycles. The van der Waals surface area contributed by atoms with Crippen molar-refractivity contribution in [1.29, 1.82) is 0 Å². The van der Waals surface area contributed by atoms with Crippen molar-refractivity contribution >= 4 is 38.7 Å². The largest absolute Gasteiger partial charge is 0.481 e. The van der Waals surface area contributed by atoms with E-state index in [1.807, 2.05) is 56.3 Å². The van der Waals surface area contributed by atoms with Gasteiger partial charge in [-0.3, -0.25) is 4.79 Å². The quantitative estimate of drug-likeness (QED) is 0.417. The van der Waals surface area contributed by atoms with Crippen LogP contribution in [0.4, 0.5) is 0 Å². The molecule has 2 aromatic heterocycles. The van der Waals surface area contributed by atoms with Crippen LogP contribution in [0.15, 0.2) is 42.6 Å². The SMILES string of the molecule is COc1nccc2c1ccc1nc3cccc(C(=O)N[C@H](C)CN(C)C)c3nc12. The van der Waals surface area contributed by atoms with Gasteiger partial charge in [0.05, 0.1) is 29.2 Å². The minimum atomic E-state index is -0.155. The highest BCUT2D eigenvalue weighted by molar-refractivity contribution is 6.10. The van der Waals surface area contributed by atoms with Crippen LogP contribution in [0.1, 0.15) is 17.3 Å². The number of hydrogen-bond acceptors (Lipinski definition) is 6. The lowest BCUT2D eigenvalue weighted by Gasteiger charge is -2.18. The minimum absolute atomic E-state index is 0.0114. The summed E-state index contributed by atoms with van der Waals surface area (Å²) in [6, 6.07) is 11.2. The molecule has 0 unspecified atom stereocenters. The Morgan fingerprint density at radius 2 is 1.86 bits per heavy atom. The fraction of sp³-hybridized carbons (Fsp3) is 0.273. The summed E-state index contributed by atoms with van der Waals surface area (Å²) >= 11 is 0. The second kappa shape index (κ2) is 7.60. The molecule has 148 valence electrons. The molecule has 0 aliphatic rings. The van der Waals surface area contributed by atoms with Crippen LogP contribution in [0, 0.1) is 0 Å². The van der Waals surface area contributed by atoms with Crippen LogP contribution in [-0.4, -0.2) is 59.6 Å². The van der Waals surface area contributed by atoms with Gasteiger partial charge in [-0.2, -0.15) is 0 Å². The maximum Gasteiger partial charge on any atom is 0.253 e. The first kappa shape index (κ1) is 19.0. The Morgan fingerprint density at radius 1 is 1.07 bits per heavy atom. The lowest BCUT2D eigenvalue weighted by Crippen LogP contribution is -2.39. The van der Waals surface area contributed by atoms with Gasteiger partial charge in [0.2, 0.25) is 5.88 Å². The van der Waals surface area contributed by atoms with E-state index < -0.39 is 0 Å². The molecule has 0 radical (unpaired) electrons. The van der Waals surface area contributed by atoms with Crippen molar-refractivity contribution in [3.63, 3.8) is 0 Å². The van der Waals surface area contributed by atoms with Crippen molar-refractivity contribution < 1.29 is 9.53 Å². The minimum Gasteiger partial charge on any atom is -0.481 e. The average Bonchev–Trinajstić information content (AvgIpc) is 2.70. The number of nitrogens with one attached hydrogen (secondary N) is 1. The number of ether oxygens (including phenoxy) is 1. The van der Waals surface area contributed by atoms with Crippen LogP contribution >= 0.6 is 0 Å². The van der Waals surface area contributed by atoms with E-state index in [1.165, 1.54) is 0 Å². The lowest BCUT2D eigenvalue weighted by atomic mass is 10.1. The Bertz CT molecular complexity index is 1220. The Morgan fingerprint density at radius 3 is 2.62 bits per heavy atom. The van der Waals surface area contributed by atoms with Crippen LogP contribution in [0.2, 0.25) is 0 Å². The molecule has 4 rings (SSSR count). The van der Waals surface area contributed by atoms with E-state index in [1.54, 1.807) is 19.4 Å². The summed E-state index contributed by atoms with van der Waals surface area (Å²) in [7, 11) is 5.55. The van der Waals surface area contributed by atoms with Crippen molar-refractivity contribution in [1.82, 2.24) is 25.2 Å². The molecule has 0 aliphatic heterocycles. The second-order valence-corrected chi connectivity index (χ2v) is 7.38. The van der Waals surface area contributed by atoms with Gasteiger partial charge in [0, 0.05) is 29.6 Å². The Hall–Kier alpha value is -3.32.